The second kappa shape index (κ2) is 7.94. The molecule has 0 radical (unpaired) electrons. The minimum atomic E-state index is -0.219. The van der Waals surface area contributed by atoms with Gasteiger partial charge in [-0.2, -0.15) is 0 Å². The van der Waals surface area contributed by atoms with Crippen LogP contribution in [0, 0.1) is 0 Å². The number of hydrogen-bond donors (Lipinski definition) is 3. The fourth-order valence-electron chi connectivity index (χ4n) is 1.73. The number of hydrazine groups is 1. The van der Waals surface area contributed by atoms with E-state index in [1.807, 2.05) is 13.0 Å². The maximum Gasteiger partial charge on any atom is 0.235 e. The average Bonchev–Trinajstić information content (AvgIpc) is 2.45. The Kier molecular flexibility index (Phi) is 6.57. The minimum absolute atomic E-state index is 0.0253. The van der Waals surface area contributed by atoms with E-state index in [4.69, 9.17) is 26.9 Å². The predicted octanol–water partition coefficient (Wildman–Crippen LogP) is 1.22. The van der Waals surface area contributed by atoms with E-state index < -0.39 is 0 Å². The number of ether oxygens (including phenoxy) is 2. The Bertz CT molecular complexity index is 468. The molecular formula is C13H20ClN3O3. The molecule has 7 heteroatoms. The molecule has 0 saturated heterocycles. The van der Waals surface area contributed by atoms with Crippen molar-refractivity contribution in [1.29, 1.82) is 0 Å². The standard InChI is InChI=1S/C13H20ClN3O3/c1-8(4-13(18)17-15)16-7-9-5-11(19-2)12(20-3)6-10(9)14/h5-6,8,16H,4,7,15H2,1-3H3,(H,17,18). The third-order valence-corrected chi connectivity index (χ3v) is 3.20. The third-order valence-electron chi connectivity index (χ3n) is 2.85. The van der Waals surface area contributed by atoms with Gasteiger partial charge in [0.2, 0.25) is 5.91 Å². The van der Waals surface area contributed by atoms with Gasteiger partial charge in [0.1, 0.15) is 0 Å². The van der Waals surface area contributed by atoms with Crippen LogP contribution in [0.25, 0.3) is 0 Å². The number of rotatable bonds is 7. The Morgan fingerprint density at radius 1 is 1.35 bits per heavy atom. The lowest BCUT2D eigenvalue weighted by atomic mass is 10.1. The molecule has 0 heterocycles. The molecule has 0 aliphatic carbocycles. The molecule has 0 aliphatic rings. The molecule has 0 saturated carbocycles. The summed E-state index contributed by atoms with van der Waals surface area (Å²) in [5.41, 5.74) is 2.96. The van der Waals surface area contributed by atoms with E-state index in [0.717, 1.165) is 5.56 Å². The number of nitrogens with one attached hydrogen (secondary N) is 2. The second-order valence-corrected chi connectivity index (χ2v) is 4.76. The van der Waals surface area contributed by atoms with Crippen LogP contribution in [0.1, 0.15) is 18.9 Å². The van der Waals surface area contributed by atoms with Gasteiger partial charge in [0, 0.05) is 30.1 Å². The summed E-state index contributed by atoms with van der Waals surface area (Å²) in [7, 11) is 3.12. The maximum atomic E-state index is 11.1. The molecule has 6 nitrogen and oxygen atoms in total. The van der Waals surface area contributed by atoms with Gasteiger partial charge in [-0.3, -0.25) is 10.2 Å². The molecule has 0 aromatic heterocycles. The summed E-state index contributed by atoms with van der Waals surface area (Å²) in [4.78, 5) is 11.1. The van der Waals surface area contributed by atoms with Crippen molar-refractivity contribution in [3.63, 3.8) is 0 Å². The highest BCUT2D eigenvalue weighted by Gasteiger charge is 2.12. The summed E-state index contributed by atoms with van der Waals surface area (Å²) < 4.78 is 10.4. The molecule has 0 spiro atoms. The Morgan fingerprint density at radius 2 is 1.95 bits per heavy atom. The SMILES string of the molecule is COc1cc(Cl)c(CNC(C)CC(=O)NN)cc1OC. The zero-order chi connectivity index (χ0) is 15.1. The minimum Gasteiger partial charge on any atom is -0.493 e. The first-order chi connectivity index (χ1) is 9.51. The number of amides is 1. The van der Waals surface area contributed by atoms with Gasteiger partial charge in [-0.25, -0.2) is 5.84 Å². The van der Waals surface area contributed by atoms with E-state index in [1.54, 1.807) is 20.3 Å². The second-order valence-electron chi connectivity index (χ2n) is 4.35. The average molecular weight is 302 g/mol. The smallest absolute Gasteiger partial charge is 0.235 e. The lowest BCUT2D eigenvalue weighted by Gasteiger charge is -2.15. The molecule has 1 aromatic carbocycles. The number of hydrogen-bond acceptors (Lipinski definition) is 5. The van der Waals surface area contributed by atoms with Gasteiger partial charge < -0.3 is 14.8 Å². The molecule has 112 valence electrons. The zero-order valence-corrected chi connectivity index (χ0v) is 12.6. The molecule has 20 heavy (non-hydrogen) atoms. The van der Waals surface area contributed by atoms with Gasteiger partial charge in [0.05, 0.1) is 14.2 Å². The molecule has 1 rings (SSSR count). The topological polar surface area (TPSA) is 85.6 Å². The molecular weight excluding hydrogens is 282 g/mol. The Balaban J connectivity index is 2.70. The van der Waals surface area contributed by atoms with Crippen molar-refractivity contribution in [2.24, 2.45) is 5.84 Å². The fraction of sp³-hybridized carbons (Fsp3) is 0.462. The highest BCUT2D eigenvalue weighted by atomic mass is 35.5. The van der Waals surface area contributed by atoms with Crippen molar-refractivity contribution < 1.29 is 14.3 Å². The number of benzene rings is 1. The third kappa shape index (κ3) is 4.56. The summed E-state index contributed by atoms with van der Waals surface area (Å²) in [5, 5.41) is 3.77. The van der Waals surface area contributed by atoms with Crippen LogP contribution in [0.15, 0.2) is 12.1 Å². The van der Waals surface area contributed by atoms with E-state index in [0.29, 0.717) is 29.5 Å². The van der Waals surface area contributed by atoms with Crippen LogP contribution < -0.4 is 26.1 Å². The van der Waals surface area contributed by atoms with E-state index in [1.165, 1.54) is 0 Å². The molecule has 0 fully saturated rings. The first kappa shape index (κ1) is 16.6. The van der Waals surface area contributed by atoms with Crippen molar-refractivity contribution in [3.05, 3.63) is 22.7 Å². The number of carbonyl (C=O) groups excluding carboxylic acids is 1. The monoisotopic (exact) mass is 301 g/mol. The summed E-state index contributed by atoms with van der Waals surface area (Å²) in [6.07, 6.45) is 0.293. The van der Waals surface area contributed by atoms with Crippen molar-refractivity contribution in [3.8, 4) is 11.5 Å². The van der Waals surface area contributed by atoms with Gasteiger partial charge in [-0.15, -0.1) is 0 Å². The molecule has 1 aromatic rings. The van der Waals surface area contributed by atoms with Crippen molar-refractivity contribution in [1.82, 2.24) is 10.7 Å². The number of halogens is 1. The number of nitrogens with two attached hydrogens (primary N) is 1. The molecule has 0 aliphatic heterocycles. The van der Waals surface area contributed by atoms with Crippen LogP contribution in [-0.2, 0) is 11.3 Å². The van der Waals surface area contributed by atoms with Crippen LogP contribution in [0.2, 0.25) is 5.02 Å². The first-order valence-electron chi connectivity index (χ1n) is 6.15. The van der Waals surface area contributed by atoms with Gasteiger partial charge in [-0.1, -0.05) is 11.6 Å². The van der Waals surface area contributed by atoms with Crippen LogP contribution in [-0.4, -0.2) is 26.2 Å². The highest BCUT2D eigenvalue weighted by Crippen LogP contribution is 2.33. The van der Waals surface area contributed by atoms with Crippen LogP contribution >= 0.6 is 11.6 Å². The largest absolute Gasteiger partial charge is 0.493 e. The summed E-state index contributed by atoms with van der Waals surface area (Å²) >= 11 is 6.18. The zero-order valence-electron chi connectivity index (χ0n) is 11.8. The molecule has 1 unspecified atom stereocenters. The molecule has 0 bridgehead atoms. The fourth-order valence-corrected chi connectivity index (χ4v) is 1.95. The van der Waals surface area contributed by atoms with E-state index >= 15 is 0 Å². The number of methoxy groups -OCH3 is 2. The Morgan fingerprint density at radius 3 is 2.50 bits per heavy atom. The lowest BCUT2D eigenvalue weighted by Crippen LogP contribution is -2.36. The predicted molar refractivity (Wildman–Crippen MR) is 77.8 cm³/mol. The lowest BCUT2D eigenvalue weighted by molar-refractivity contribution is -0.121. The van der Waals surface area contributed by atoms with Crippen molar-refractivity contribution >= 4 is 17.5 Å². The van der Waals surface area contributed by atoms with Crippen LogP contribution in [0.4, 0.5) is 0 Å². The van der Waals surface area contributed by atoms with Crippen LogP contribution in [0.5, 0.6) is 11.5 Å². The normalized spacial score (nSPS) is 11.8. The molecule has 1 atom stereocenters. The summed E-state index contributed by atoms with van der Waals surface area (Å²) in [6.45, 7) is 2.40. The van der Waals surface area contributed by atoms with Crippen molar-refractivity contribution in [2.75, 3.05) is 14.2 Å². The van der Waals surface area contributed by atoms with Gasteiger partial charge in [0.25, 0.3) is 0 Å². The molecule has 1 amide bonds. The Labute approximate surface area is 123 Å². The van der Waals surface area contributed by atoms with Gasteiger partial charge in [0.15, 0.2) is 11.5 Å². The summed E-state index contributed by atoms with van der Waals surface area (Å²) in [6, 6.07) is 3.49. The van der Waals surface area contributed by atoms with Gasteiger partial charge >= 0.3 is 0 Å². The maximum absolute atomic E-state index is 11.1. The Hall–Kier alpha value is -1.50. The van der Waals surface area contributed by atoms with Crippen LogP contribution in [0.3, 0.4) is 0 Å². The summed E-state index contributed by atoms with van der Waals surface area (Å²) in [5.74, 6) is 6.02. The quantitative estimate of drug-likeness (QED) is 0.400. The van der Waals surface area contributed by atoms with E-state index in [-0.39, 0.29) is 11.9 Å². The first-order valence-corrected chi connectivity index (χ1v) is 6.52. The molecule has 4 N–H and O–H groups in total. The van der Waals surface area contributed by atoms with E-state index in [9.17, 15) is 4.79 Å². The van der Waals surface area contributed by atoms with E-state index in [2.05, 4.69) is 10.7 Å². The van der Waals surface area contributed by atoms with Crippen molar-refractivity contribution in [2.45, 2.75) is 25.9 Å². The highest BCUT2D eigenvalue weighted by molar-refractivity contribution is 6.31. The van der Waals surface area contributed by atoms with Gasteiger partial charge in [-0.05, 0) is 18.6 Å². The number of carbonyl (C=O) groups is 1.